The largest absolute Gasteiger partial charge is 0.402 e. The molecule has 1 aromatic carbocycles. The first-order valence-corrected chi connectivity index (χ1v) is 7.17. The van der Waals surface area contributed by atoms with Crippen LogP contribution in [0.2, 0.25) is 5.02 Å². The first-order chi connectivity index (χ1) is 9.63. The minimum absolute atomic E-state index is 0.250. The number of ether oxygens (including phenoxy) is 1. The molecule has 0 amide bonds. The molecule has 0 saturated carbocycles. The molecule has 0 fully saturated rings. The first kappa shape index (κ1) is 13.1. The van der Waals surface area contributed by atoms with Crippen molar-refractivity contribution in [3.05, 3.63) is 62.4 Å². The van der Waals surface area contributed by atoms with Gasteiger partial charge in [-0.05, 0) is 37.3 Å². The molecule has 0 N–H and O–H groups in total. The van der Waals surface area contributed by atoms with Crippen LogP contribution < -0.4 is 0 Å². The van der Waals surface area contributed by atoms with Crippen molar-refractivity contribution in [3.8, 4) is 0 Å². The zero-order chi connectivity index (χ0) is 14.1. The SMILES string of the molecule is Cc1ccc(C=C2N=C(c3ccccc3Cl)OC2=O)s1. The second kappa shape index (κ2) is 5.23. The molecule has 0 atom stereocenters. The summed E-state index contributed by atoms with van der Waals surface area (Å²) >= 11 is 7.67. The van der Waals surface area contributed by atoms with Crippen LogP contribution in [0, 0.1) is 6.92 Å². The Balaban J connectivity index is 1.97. The minimum atomic E-state index is -0.453. The van der Waals surface area contributed by atoms with Crippen molar-refractivity contribution in [1.29, 1.82) is 0 Å². The van der Waals surface area contributed by atoms with Gasteiger partial charge in [-0.15, -0.1) is 11.3 Å². The van der Waals surface area contributed by atoms with Gasteiger partial charge in [-0.2, -0.15) is 0 Å². The molecule has 1 aromatic heterocycles. The quantitative estimate of drug-likeness (QED) is 0.620. The molecule has 0 aliphatic carbocycles. The summed E-state index contributed by atoms with van der Waals surface area (Å²) in [5, 5.41) is 0.507. The summed E-state index contributed by atoms with van der Waals surface area (Å²) in [5.41, 5.74) is 0.912. The van der Waals surface area contributed by atoms with Crippen LogP contribution >= 0.6 is 22.9 Å². The van der Waals surface area contributed by atoms with Crippen LogP contribution in [0.4, 0.5) is 0 Å². The van der Waals surface area contributed by atoms with Crippen LogP contribution in [0.5, 0.6) is 0 Å². The van der Waals surface area contributed by atoms with Gasteiger partial charge in [0, 0.05) is 9.75 Å². The number of hydrogen-bond acceptors (Lipinski definition) is 4. The molecule has 0 bridgehead atoms. The van der Waals surface area contributed by atoms with E-state index in [9.17, 15) is 4.79 Å². The number of halogens is 1. The van der Waals surface area contributed by atoms with E-state index in [0.29, 0.717) is 16.3 Å². The van der Waals surface area contributed by atoms with Crippen molar-refractivity contribution in [2.45, 2.75) is 6.92 Å². The van der Waals surface area contributed by atoms with Gasteiger partial charge in [0.15, 0.2) is 5.70 Å². The van der Waals surface area contributed by atoms with Crippen molar-refractivity contribution in [2.24, 2.45) is 4.99 Å². The third-order valence-electron chi connectivity index (χ3n) is 2.76. The molecule has 5 heteroatoms. The summed E-state index contributed by atoms with van der Waals surface area (Å²) in [6.07, 6.45) is 1.73. The Bertz CT molecular complexity index is 746. The summed E-state index contributed by atoms with van der Waals surface area (Å²) in [6, 6.07) is 11.1. The molecule has 100 valence electrons. The lowest BCUT2D eigenvalue weighted by molar-refractivity contribution is -0.129. The van der Waals surface area contributed by atoms with Gasteiger partial charge in [-0.3, -0.25) is 0 Å². The number of hydrogen-bond donors (Lipinski definition) is 0. The second-order valence-electron chi connectivity index (χ2n) is 4.26. The van der Waals surface area contributed by atoms with Crippen molar-refractivity contribution in [2.75, 3.05) is 0 Å². The van der Waals surface area contributed by atoms with Gasteiger partial charge in [0.1, 0.15) is 0 Å². The van der Waals surface area contributed by atoms with Gasteiger partial charge < -0.3 is 4.74 Å². The summed E-state index contributed by atoms with van der Waals surface area (Å²) in [7, 11) is 0. The molecule has 3 rings (SSSR count). The summed E-state index contributed by atoms with van der Waals surface area (Å²) in [5.74, 6) is -0.203. The fourth-order valence-corrected chi connectivity index (χ4v) is 2.86. The smallest absolute Gasteiger partial charge is 0.363 e. The van der Waals surface area contributed by atoms with Crippen LogP contribution in [0.3, 0.4) is 0 Å². The molecular formula is C15H10ClNO2S. The van der Waals surface area contributed by atoms with E-state index in [0.717, 1.165) is 4.88 Å². The molecule has 0 saturated heterocycles. The fraction of sp³-hybridized carbons (Fsp3) is 0.0667. The molecule has 1 aliphatic heterocycles. The lowest BCUT2D eigenvalue weighted by Crippen LogP contribution is -2.05. The summed E-state index contributed by atoms with van der Waals surface area (Å²) < 4.78 is 5.18. The third-order valence-corrected chi connectivity index (χ3v) is 4.04. The van der Waals surface area contributed by atoms with Gasteiger partial charge in [-0.1, -0.05) is 23.7 Å². The number of aliphatic imine (C=N–C) groups is 1. The summed E-state index contributed by atoms with van der Waals surface area (Å²) in [4.78, 5) is 18.2. The number of rotatable bonds is 2. The van der Waals surface area contributed by atoms with Crippen molar-refractivity contribution in [3.63, 3.8) is 0 Å². The number of cyclic esters (lactones) is 1. The first-order valence-electron chi connectivity index (χ1n) is 5.97. The molecular weight excluding hydrogens is 294 g/mol. The molecule has 0 spiro atoms. The molecule has 1 aliphatic rings. The third kappa shape index (κ3) is 2.53. The van der Waals surface area contributed by atoms with E-state index in [4.69, 9.17) is 16.3 Å². The van der Waals surface area contributed by atoms with E-state index >= 15 is 0 Å². The monoisotopic (exact) mass is 303 g/mol. The Kier molecular flexibility index (Phi) is 3.42. The standard InChI is InChI=1S/C15H10ClNO2S/c1-9-6-7-10(20-9)8-13-15(18)19-14(17-13)11-4-2-3-5-12(11)16/h2-8H,1H3. The van der Waals surface area contributed by atoms with Crippen molar-refractivity contribution in [1.82, 2.24) is 0 Å². The highest BCUT2D eigenvalue weighted by Crippen LogP contribution is 2.25. The molecule has 2 aromatic rings. The number of nitrogens with zero attached hydrogens (tertiary/aromatic N) is 1. The van der Waals surface area contributed by atoms with Crippen LogP contribution in [0.15, 0.2) is 47.1 Å². The number of carbonyl (C=O) groups is 1. The molecule has 2 heterocycles. The highest BCUT2D eigenvalue weighted by atomic mass is 35.5. The number of aryl methyl sites for hydroxylation is 1. The van der Waals surface area contributed by atoms with E-state index in [1.54, 1.807) is 29.5 Å². The topological polar surface area (TPSA) is 38.7 Å². The van der Waals surface area contributed by atoms with Crippen LogP contribution in [0.1, 0.15) is 15.3 Å². The van der Waals surface area contributed by atoms with Crippen molar-refractivity contribution < 1.29 is 9.53 Å². The highest BCUT2D eigenvalue weighted by molar-refractivity contribution is 7.12. The fourth-order valence-electron chi connectivity index (χ4n) is 1.82. The van der Waals surface area contributed by atoms with E-state index in [-0.39, 0.29) is 5.90 Å². The average molecular weight is 304 g/mol. The average Bonchev–Trinajstić information content (AvgIpc) is 2.98. The van der Waals surface area contributed by atoms with Gasteiger partial charge in [0.25, 0.3) is 0 Å². The number of benzene rings is 1. The highest BCUT2D eigenvalue weighted by Gasteiger charge is 2.25. The maximum atomic E-state index is 11.8. The maximum absolute atomic E-state index is 11.8. The Labute approximate surface area is 125 Å². The Hall–Kier alpha value is -1.91. The Morgan fingerprint density at radius 2 is 2.05 bits per heavy atom. The minimum Gasteiger partial charge on any atom is -0.402 e. The van der Waals surface area contributed by atoms with E-state index in [1.165, 1.54) is 4.88 Å². The second-order valence-corrected chi connectivity index (χ2v) is 5.99. The van der Waals surface area contributed by atoms with E-state index in [2.05, 4.69) is 4.99 Å². The number of carbonyl (C=O) groups excluding carboxylic acids is 1. The maximum Gasteiger partial charge on any atom is 0.363 e. The van der Waals surface area contributed by atoms with Gasteiger partial charge in [-0.25, -0.2) is 9.79 Å². The van der Waals surface area contributed by atoms with Gasteiger partial charge in [0.05, 0.1) is 10.6 Å². The zero-order valence-corrected chi connectivity index (χ0v) is 12.2. The van der Waals surface area contributed by atoms with Crippen LogP contribution in [-0.2, 0) is 9.53 Å². The normalized spacial score (nSPS) is 16.4. The summed E-state index contributed by atoms with van der Waals surface area (Å²) in [6.45, 7) is 2.01. The predicted octanol–water partition coefficient (Wildman–Crippen LogP) is 4.05. The molecule has 0 unspecified atom stereocenters. The molecule has 0 radical (unpaired) electrons. The zero-order valence-electron chi connectivity index (χ0n) is 10.6. The molecule has 3 nitrogen and oxygen atoms in total. The van der Waals surface area contributed by atoms with Crippen LogP contribution in [0.25, 0.3) is 6.08 Å². The van der Waals surface area contributed by atoms with Gasteiger partial charge in [0.2, 0.25) is 5.90 Å². The van der Waals surface area contributed by atoms with E-state index < -0.39 is 5.97 Å². The van der Waals surface area contributed by atoms with Crippen molar-refractivity contribution >= 4 is 40.9 Å². The Morgan fingerprint density at radius 3 is 2.75 bits per heavy atom. The number of thiophene rings is 1. The van der Waals surface area contributed by atoms with E-state index in [1.807, 2.05) is 31.2 Å². The predicted molar refractivity (Wildman–Crippen MR) is 81.1 cm³/mol. The lowest BCUT2D eigenvalue weighted by Gasteiger charge is -2.00. The Morgan fingerprint density at radius 1 is 1.25 bits per heavy atom. The lowest BCUT2D eigenvalue weighted by atomic mass is 10.2. The molecule has 20 heavy (non-hydrogen) atoms. The van der Waals surface area contributed by atoms with Crippen LogP contribution in [-0.4, -0.2) is 11.9 Å². The van der Waals surface area contributed by atoms with Gasteiger partial charge >= 0.3 is 5.97 Å². The number of esters is 1.